The fourth-order valence-corrected chi connectivity index (χ4v) is 3.37. The van der Waals surface area contributed by atoms with Crippen LogP contribution in [0.5, 0.6) is 0 Å². The maximum Gasteiger partial charge on any atom is 0.163 e. The molecule has 0 radical (unpaired) electrons. The lowest BCUT2D eigenvalue weighted by molar-refractivity contribution is -0.176. The first-order valence-electron chi connectivity index (χ1n) is 6.63. The van der Waals surface area contributed by atoms with Crippen LogP contribution in [0.3, 0.4) is 0 Å². The molecule has 18 heavy (non-hydrogen) atoms. The smallest absolute Gasteiger partial charge is 0.163 e. The summed E-state index contributed by atoms with van der Waals surface area (Å²) in [4.78, 5) is 0. The van der Waals surface area contributed by atoms with E-state index in [1.54, 1.807) is 0 Å². The van der Waals surface area contributed by atoms with Crippen molar-refractivity contribution in [3.05, 3.63) is 0 Å². The number of hydrogen-bond donors (Lipinski definition) is 1. The zero-order chi connectivity index (χ0) is 13.1. The Hall–Kier alpha value is -0.200. The maximum atomic E-state index is 9.53. The van der Waals surface area contributed by atoms with Gasteiger partial charge >= 0.3 is 0 Å². The minimum absolute atomic E-state index is 0.0177. The largest absolute Gasteiger partial charge is 0.396 e. The molecule has 1 N–H and O–H groups in total. The first kappa shape index (κ1) is 12.8. The third-order valence-corrected chi connectivity index (χ3v) is 3.94. The van der Waals surface area contributed by atoms with Crippen LogP contribution < -0.4 is 0 Å². The molecule has 5 nitrogen and oxygen atoms in total. The van der Waals surface area contributed by atoms with Gasteiger partial charge < -0.3 is 24.1 Å². The van der Waals surface area contributed by atoms with Crippen LogP contribution in [0.25, 0.3) is 0 Å². The fraction of sp³-hybridized carbons (Fsp3) is 1.00. The molecular formula is C13H22O5. The van der Waals surface area contributed by atoms with Crippen molar-refractivity contribution in [3.8, 4) is 0 Å². The molecule has 5 atom stereocenters. The van der Waals surface area contributed by atoms with E-state index in [1.807, 2.05) is 27.7 Å². The molecule has 0 unspecified atom stereocenters. The fourth-order valence-electron chi connectivity index (χ4n) is 3.37. The lowest BCUT2D eigenvalue weighted by Gasteiger charge is -2.36. The average molecular weight is 258 g/mol. The zero-order valence-electron chi connectivity index (χ0n) is 11.4. The van der Waals surface area contributed by atoms with Crippen molar-refractivity contribution in [2.24, 2.45) is 5.92 Å². The Morgan fingerprint density at radius 3 is 2.11 bits per heavy atom. The highest BCUT2D eigenvalue weighted by Crippen LogP contribution is 2.46. The Morgan fingerprint density at radius 2 is 1.44 bits per heavy atom. The van der Waals surface area contributed by atoms with Crippen LogP contribution in [0.2, 0.25) is 0 Å². The van der Waals surface area contributed by atoms with Gasteiger partial charge in [0.15, 0.2) is 11.6 Å². The van der Waals surface area contributed by atoms with Gasteiger partial charge in [-0.3, -0.25) is 0 Å². The van der Waals surface area contributed by atoms with Crippen molar-refractivity contribution >= 4 is 0 Å². The van der Waals surface area contributed by atoms with Gasteiger partial charge in [-0.15, -0.1) is 0 Å². The minimum atomic E-state index is -0.617. The summed E-state index contributed by atoms with van der Waals surface area (Å²) in [7, 11) is 0. The van der Waals surface area contributed by atoms with E-state index in [4.69, 9.17) is 18.9 Å². The van der Waals surface area contributed by atoms with Crippen LogP contribution >= 0.6 is 0 Å². The van der Waals surface area contributed by atoms with Crippen molar-refractivity contribution < 1.29 is 24.1 Å². The molecule has 0 aromatic carbocycles. The van der Waals surface area contributed by atoms with E-state index in [1.165, 1.54) is 0 Å². The Labute approximate surface area is 107 Å². The van der Waals surface area contributed by atoms with E-state index in [0.717, 1.165) is 6.42 Å². The molecular weight excluding hydrogens is 236 g/mol. The molecule has 0 bridgehead atoms. The van der Waals surface area contributed by atoms with Gasteiger partial charge in [0.2, 0.25) is 0 Å². The van der Waals surface area contributed by atoms with Crippen molar-refractivity contribution in [1.82, 2.24) is 0 Å². The van der Waals surface area contributed by atoms with Crippen molar-refractivity contribution in [2.75, 3.05) is 6.61 Å². The molecule has 3 rings (SSSR count). The minimum Gasteiger partial charge on any atom is -0.396 e. The summed E-state index contributed by atoms with van der Waals surface area (Å²) in [5.41, 5.74) is 0. The van der Waals surface area contributed by atoms with Crippen LogP contribution in [-0.4, -0.2) is 47.7 Å². The van der Waals surface area contributed by atoms with Crippen LogP contribution in [-0.2, 0) is 18.9 Å². The van der Waals surface area contributed by atoms with Gasteiger partial charge in [0.05, 0.1) is 12.2 Å². The number of aliphatic hydroxyl groups is 1. The molecule has 2 saturated heterocycles. The van der Waals surface area contributed by atoms with E-state index < -0.39 is 11.6 Å². The molecule has 2 aliphatic heterocycles. The average Bonchev–Trinajstić information content (AvgIpc) is 2.71. The van der Waals surface area contributed by atoms with Crippen LogP contribution in [0.15, 0.2) is 0 Å². The molecule has 2 heterocycles. The summed E-state index contributed by atoms with van der Waals surface area (Å²) in [5, 5.41) is 9.53. The standard InChI is InChI=1S/C13H22O5/c1-12(2)15-8-5-7(6-14)9-11(10(8)17-12)18-13(3,4)16-9/h7-11,14H,5-6H2,1-4H3/t7-,8-,9+,10-,11+/m0/s1. The quantitative estimate of drug-likeness (QED) is 0.761. The summed E-state index contributed by atoms with van der Waals surface area (Å²) < 4.78 is 23.7. The topological polar surface area (TPSA) is 57.2 Å². The molecule has 1 aliphatic carbocycles. The van der Waals surface area contributed by atoms with Gasteiger partial charge in [0.1, 0.15) is 12.2 Å². The highest BCUT2D eigenvalue weighted by molar-refractivity contribution is 5.02. The van der Waals surface area contributed by atoms with Gasteiger partial charge in [0, 0.05) is 12.5 Å². The Balaban J connectivity index is 1.86. The van der Waals surface area contributed by atoms with Crippen LogP contribution in [0.4, 0.5) is 0 Å². The number of fused-ring (bicyclic) bond motifs is 3. The molecule has 1 saturated carbocycles. The first-order chi connectivity index (χ1) is 8.31. The summed E-state index contributed by atoms with van der Waals surface area (Å²) in [6.45, 7) is 7.71. The summed E-state index contributed by atoms with van der Waals surface area (Å²) in [6.07, 6.45) is 0.373. The van der Waals surface area contributed by atoms with Crippen LogP contribution in [0, 0.1) is 5.92 Å². The van der Waals surface area contributed by atoms with Gasteiger partial charge in [-0.05, 0) is 34.1 Å². The molecule has 104 valence electrons. The summed E-state index contributed by atoms with van der Waals surface area (Å²) >= 11 is 0. The second-order valence-corrected chi connectivity index (χ2v) is 6.38. The zero-order valence-corrected chi connectivity index (χ0v) is 11.4. The monoisotopic (exact) mass is 258 g/mol. The maximum absolute atomic E-state index is 9.53. The summed E-state index contributed by atoms with van der Waals surface area (Å²) in [5.74, 6) is -1.15. The van der Waals surface area contributed by atoms with Crippen molar-refractivity contribution in [1.29, 1.82) is 0 Å². The van der Waals surface area contributed by atoms with E-state index in [0.29, 0.717) is 0 Å². The molecule has 5 heteroatoms. The highest BCUT2D eigenvalue weighted by Gasteiger charge is 2.59. The van der Waals surface area contributed by atoms with Gasteiger partial charge in [-0.1, -0.05) is 0 Å². The molecule has 3 aliphatic rings. The van der Waals surface area contributed by atoms with E-state index in [9.17, 15) is 5.11 Å². The van der Waals surface area contributed by atoms with E-state index in [2.05, 4.69) is 0 Å². The van der Waals surface area contributed by atoms with Gasteiger partial charge in [-0.2, -0.15) is 0 Å². The van der Waals surface area contributed by atoms with Crippen LogP contribution in [0.1, 0.15) is 34.1 Å². The Morgan fingerprint density at radius 1 is 0.889 bits per heavy atom. The van der Waals surface area contributed by atoms with Gasteiger partial charge in [-0.25, -0.2) is 0 Å². The van der Waals surface area contributed by atoms with Gasteiger partial charge in [0.25, 0.3) is 0 Å². The van der Waals surface area contributed by atoms with E-state index >= 15 is 0 Å². The molecule has 3 fully saturated rings. The first-order valence-corrected chi connectivity index (χ1v) is 6.63. The third kappa shape index (κ3) is 1.98. The highest BCUT2D eigenvalue weighted by atomic mass is 16.8. The Bertz CT molecular complexity index is 340. The molecule has 0 aromatic heterocycles. The van der Waals surface area contributed by atoms with Crippen molar-refractivity contribution in [3.63, 3.8) is 0 Å². The molecule has 0 aromatic rings. The van der Waals surface area contributed by atoms with E-state index in [-0.39, 0.29) is 36.9 Å². The number of rotatable bonds is 1. The number of hydrogen-bond acceptors (Lipinski definition) is 5. The normalized spacial score (nSPS) is 48.8. The number of aliphatic hydroxyl groups excluding tert-OH is 1. The predicted octanol–water partition coefficient (Wildman–Crippen LogP) is 1.04. The summed E-state index contributed by atoms with van der Waals surface area (Å²) in [6, 6.07) is 0. The second kappa shape index (κ2) is 3.90. The predicted molar refractivity (Wildman–Crippen MR) is 62.8 cm³/mol. The number of ether oxygens (including phenoxy) is 4. The lowest BCUT2D eigenvalue weighted by Crippen LogP contribution is -2.51. The SMILES string of the molecule is CC1(C)O[C@@H]2[C@H](O1)[C@H](CO)C[C@@H]1OC(C)(C)O[C@H]21. The molecule has 0 amide bonds. The molecule has 0 spiro atoms. The third-order valence-electron chi connectivity index (χ3n) is 3.94. The second-order valence-electron chi connectivity index (χ2n) is 6.38. The van der Waals surface area contributed by atoms with Crippen molar-refractivity contribution in [2.45, 2.75) is 70.1 Å². The Kier molecular flexibility index (Phi) is 2.78. The lowest BCUT2D eigenvalue weighted by atomic mass is 9.81.